The molecule has 0 spiro atoms. The summed E-state index contributed by atoms with van der Waals surface area (Å²) >= 11 is 0. The van der Waals surface area contributed by atoms with Crippen LogP contribution in [0.25, 0.3) is 0 Å². The lowest BCUT2D eigenvalue weighted by atomic mass is 9.84. The number of rotatable bonds is 8. The quantitative estimate of drug-likeness (QED) is 0.129. The summed E-state index contributed by atoms with van der Waals surface area (Å²) in [5.74, 6) is -5.38. The molecule has 14 nitrogen and oxygen atoms in total. The highest BCUT2D eigenvalue weighted by molar-refractivity contribution is 5.93. The van der Waals surface area contributed by atoms with Crippen LogP contribution >= 0.6 is 0 Å². The summed E-state index contributed by atoms with van der Waals surface area (Å²) in [4.78, 5) is 78.6. The molecule has 8 atom stereocenters. The Morgan fingerprint density at radius 2 is 1.81 bits per heavy atom. The van der Waals surface area contributed by atoms with Crippen LogP contribution in [0.2, 0.25) is 0 Å². The summed E-state index contributed by atoms with van der Waals surface area (Å²) in [5, 5.41) is 39.2. The molecular weight excluding hydrogens is 684 g/mol. The number of esters is 1. The fourth-order valence-corrected chi connectivity index (χ4v) is 6.26. The molecule has 53 heavy (non-hydrogen) atoms. The average Bonchev–Trinajstić information content (AvgIpc) is 3.11. The lowest BCUT2D eigenvalue weighted by molar-refractivity contribution is -0.156. The first-order valence-corrected chi connectivity index (χ1v) is 18.1. The molecule has 3 rings (SSSR count). The van der Waals surface area contributed by atoms with Crippen molar-refractivity contribution in [1.29, 1.82) is 0 Å². The van der Waals surface area contributed by atoms with E-state index in [1.807, 2.05) is 0 Å². The van der Waals surface area contributed by atoms with Gasteiger partial charge in [0.1, 0.15) is 42.0 Å². The summed E-state index contributed by atoms with van der Waals surface area (Å²) in [5.41, 5.74) is 3.96. The minimum Gasteiger partial charge on any atom is -0.508 e. The number of ether oxygens (including phenoxy) is 1. The lowest BCUT2D eigenvalue weighted by Gasteiger charge is -2.36. The summed E-state index contributed by atoms with van der Waals surface area (Å²) in [6.07, 6.45) is 5.56. The van der Waals surface area contributed by atoms with Gasteiger partial charge in [-0.15, -0.1) is 0 Å². The fourth-order valence-electron chi connectivity index (χ4n) is 6.26. The summed E-state index contributed by atoms with van der Waals surface area (Å²) < 4.78 is 5.82. The zero-order valence-corrected chi connectivity index (χ0v) is 31.1. The number of amides is 3. The maximum absolute atomic E-state index is 14.1. The average molecular weight is 739 g/mol. The molecule has 6 N–H and O–H groups in total. The van der Waals surface area contributed by atoms with Gasteiger partial charge in [0.2, 0.25) is 11.8 Å². The van der Waals surface area contributed by atoms with Gasteiger partial charge >= 0.3 is 5.97 Å². The minimum absolute atomic E-state index is 0.0247. The number of phenols is 1. The maximum atomic E-state index is 14.1. The molecule has 1 aromatic rings. The monoisotopic (exact) mass is 738 g/mol. The minimum atomic E-state index is -1.41. The molecule has 2 bridgehead atoms. The molecule has 2 aliphatic heterocycles. The number of hydrazine groups is 1. The van der Waals surface area contributed by atoms with Gasteiger partial charge in [0.05, 0.1) is 18.1 Å². The second-order valence-corrected chi connectivity index (χ2v) is 14.2. The van der Waals surface area contributed by atoms with E-state index >= 15 is 0 Å². The topological polar surface area (TPSA) is 212 Å². The molecule has 1 fully saturated rings. The third-order valence-electron chi connectivity index (χ3n) is 9.59. The molecule has 1 unspecified atom stereocenters. The predicted octanol–water partition coefficient (Wildman–Crippen LogP) is 1.97. The van der Waals surface area contributed by atoms with Crippen molar-refractivity contribution in [2.24, 2.45) is 17.8 Å². The fraction of sp³-hybridized carbons (Fsp3) is 0.538. The lowest BCUT2D eigenvalue weighted by Crippen LogP contribution is -2.62. The van der Waals surface area contributed by atoms with Crippen LogP contribution in [0, 0.1) is 17.8 Å². The van der Waals surface area contributed by atoms with Gasteiger partial charge in [-0.25, -0.2) is 5.43 Å². The highest BCUT2D eigenvalue weighted by Crippen LogP contribution is 2.24. The Bertz CT molecular complexity index is 1560. The first-order chi connectivity index (χ1) is 25.1. The van der Waals surface area contributed by atoms with E-state index in [9.17, 15) is 44.1 Å². The Hall–Kier alpha value is -4.66. The Morgan fingerprint density at radius 1 is 1.08 bits per heavy atom. The largest absolute Gasteiger partial charge is 0.508 e. The number of nitrogens with zero attached hydrogens (tertiary/aromatic N) is 1. The van der Waals surface area contributed by atoms with Crippen LogP contribution in [0.5, 0.6) is 5.75 Å². The molecule has 290 valence electrons. The first-order valence-electron chi connectivity index (χ1n) is 18.1. The Kier molecular flexibility index (Phi) is 16.6. The van der Waals surface area contributed by atoms with Crippen LogP contribution in [0.4, 0.5) is 0 Å². The zero-order chi connectivity index (χ0) is 39.2. The third-order valence-corrected chi connectivity index (χ3v) is 9.59. The van der Waals surface area contributed by atoms with Gasteiger partial charge in [-0.2, -0.15) is 0 Å². The van der Waals surface area contributed by atoms with Crippen molar-refractivity contribution in [1.82, 2.24) is 21.1 Å². The van der Waals surface area contributed by atoms with Gasteiger partial charge in [0.25, 0.3) is 5.91 Å². The zero-order valence-electron chi connectivity index (χ0n) is 31.1. The summed E-state index contributed by atoms with van der Waals surface area (Å²) in [6.45, 7) is 8.19. The van der Waals surface area contributed by atoms with Crippen molar-refractivity contribution in [3.8, 4) is 5.75 Å². The summed E-state index contributed by atoms with van der Waals surface area (Å²) in [6, 6.07) is 2.91. The smallest absolute Gasteiger partial charge is 0.325 e. The Balaban J connectivity index is 2.07. The van der Waals surface area contributed by atoms with Crippen molar-refractivity contribution < 1.29 is 48.8 Å². The second kappa shape index (κ2) is 20.5. The van der Waals surface area contributed by atoms with Crippen LogP contribution in [-0.2, 0) is 39.9 Å². The van der Waals surface area contributed by atoms with E-state index in [2.05, 4.69) is 16.1 Å². The number of hydrogen-bond acceptors (Lipinski definition) is 11. The third kappa shape index (κ3) is 12.8. The standard InChI is InChI=1S/C39H54N4O10/c1-23(2)34-37(50)40-31(22-27-11-9-12-28(46)21-27)38(51)43-19-10-13-30(42-43)39(52)53-33(24(3)18-20-44)15-8-6-7-14-32(47)26(5)35(48)29(36(49)41-34)17-16-25(4)45/h6-9,11-12,14,18,20-21,23,26,29-35,42,46-48H,10,13,15-17,19,22H2,1-5H3,(H,40,50)(H,41,49)/b8-6+,14-7+,24-18+/t26-,29+,30-,31-,32-,33?,34-,35+/m0/s1. The van der Waals surface area contributed by atoms with Gasteiger partial charge in [-0.3, -0.25) is 29.0 Å². The highest BCUT2D eigenvalue weighted by atomic mass is 16.5. The number of ketones is 1. The molecule has 0 saturated carbocycles. The molecule has 2 heterocycles. The number of carbonyl (C=O) groups excluding carboxylic acids is 6. The SMILES string of the molecule is CC(=O)CC[C@H]1C(=O)N[C@@H](C(C)C)C(=O)N[C@@H](Cc2cccc(O)c2)C(=O)N2CCC[C@H](N2)C(=O)OC(/C(C)=C/C=O)C/C=C/C=C/[C@H](O)[C@H](C)[C@H]1O. The van der Waals surface area contributed by atoms with Crippen LogP contribution in [-0.4, -0.2) is 99.1 Å². The first kappa shape index (κ1) is 42.8. The molecule has 3 amide bonds. The molecule has 0 radical (unpaired) electrons. The van der Waals surface area contributed by atoms with E-state index in [0.717, 1.165) is 0 Å². The second-order valence-electron chi connectivity index (χ2n) is 14.2. The van der Waals surface area contributed by atoms with Crippen molar-refractivity contribution in [3.05, 3.63) is 65.8 Å². The number of fused-ring (bicyclic) bond motifs is 2. The van der Waals surface area contributed by atoms with Gasteiger partial charge < -0.3 is 35.5 Å². The maximum Gasteiger partial charge on any atom is 0.325 e. The van der Waals surface area contributed by atoms with Crippen molar-refractivity contribution in [2.75, 3.05) is 6.54 Å². The molecular formula is C39H54N4O10. The van der Waals surface area contributed by atoms with Crippen LogP contribution in [0.3, 0.4) is 0 Å². The number of aldehydes is 1. The Labute approximate surface area is 310 Å². The van der Waals surface area contributed by atoms with Crippen molar-refractivity contribution in [2.45, 2.75) is 110 Å². The number of aliphatic hydroxyl groups excluding tert-OH is 2. The van der Waals surface area contributed by atoms with E-state index in [4.69, 9.17) is 4.74 Å². The van der Waals surface area contributed by atoms with Crippen molar-refractivity contribution >= 4 is 35.8 Å². The van der Waals surface area contributed by atoms with Crippen LogP contribution in [0.15, 0.2) is 60.2 Å². The number of nitrogens with one attached hydrogen (secondary N) is 3. The number of carbonyl (C=O) groups is 6. The predicted molar refractivity (Wildman–Crippen MR) is 196 cm³/mol. The van der Waals surface area contributed by atoms with E-state index in [-0.39, 0.29) is 43.8 Å². The highest BCUT2D eigenvalue weighted by Gasteiger charge is 2.38. The van der Waals surface area contributed by atoms with E-state index in [1.54, 1.807) is 58.1 Å². The van der Waals surface area contributed by atoms with E-state index in [0.29, 0.717) is 30.3 Å². The number of aromatic hydroxyl groups is 1. The number of aliphatic hydroxyl groups is 2. The van der Waals surface area contributed by atoms with E-state index < -0.39 is 77.9 Å². The molecule has 0 aliphatic carbocycles. The molecule has 1 aromatic carbocycles. The molecule has 14 heteroatoms. The number of hydrogen-bond donors (Lipinski definition) is 6. The number of cyclic esters (lactones) is 1. The van der Waals surface area contributed by atoms with Gasteiger partial charge in [-0.1, -0.05) is 57.2 Å². The molecule has 1 saturated heterocycles. The van der Waals surface area contributed by atoms with Crippen LogP contribution < -0.4 is 16.1 Å². The van der Waals surface area contributed by atoms with Gasteiger partial charge in [0.15, 0.2) is 0 Å². The molecule has 2 aliphatic rings. The summed E-state index contributed by atoms with van der Waals surface area (Å²) in [7, 11) is 0. The number of benzene rings is 1. The van der Waals surface area contributed by atoms with Crippen LogP contribution in [0.1, 0.15) is 72.3 Å². The van der Waals surface area contributed by atoms with Gasteiger partial charge in [0, 0.05) is 31.7 Å². The normalized spacial score (nSPS) is 29.9. The van der Waals surface area contributed by atoms with Gasteiger partial charge in [-0.05, 0) is 68.4 Å². The molecule has 0 aromatic heterocycles. The Morgan fingerprint density at radius 3 is 2.47 bits per heavy atom. The number of allylic oxidation sites excluding steroid dienone is 3. The number of phenolic OH excluding ortho intramolecular Hbond substituents is 1. The van der Waals surface area contributed by atoms with Crippen molar-refractivity contribution in [3.63, 3.8) is 0 Å². The van der Waals surface area contributed by atoms with E-state index in [1.165, 1.54) is 36.2 Å². The number of Topliss-reactive ketones (excluding diaryl/α,β-unsaturated/α-hetero) is 1.